The topological polar surface area (TPSA) is 52.9 Å². The first-order valence-electron chi connectivity index (χ1n) is 3.35. The lowest BCUT2D eigenvalue weighted by atomic mass is 10.2. The van der Waals surface area contributed by atoms with Crippen molar-refractivity contribution in [2.45, 2.75) is 11.8 Å². The molecule has 0 aromatic carbocycles. The molecule has 5 heteroatoms. The van der Waals surface area contributed by atoms with Crippen LogP contribution < -0.4 is 0 Å². The van der Waals surface area contributed by atoms with Crippen LogP contribution in [0.1, 0.15) is 6.42 Å². The van der Waals surface area contributed by atoms with Crippen molar-refractivity contribution in [1.82, 2.24) is 4.90 Å². The molecule has 0 spiro atoms. The van der Waals surface area contributed by atoms with Crippen LogP contribution in [0.4, 0.5) is 0 Å². The average Bonchev–Trinajstić information content (AvgIpc) is 2.03. The molecule has 0 radical (unpaired) electrons. The van der Waals surface area contributed by atoms with Gasteiger partial charge in [-0.1, -0.05) is 6.08 Å². The molecular formula is C6H8N2O2S. The number of amides is 1. The average molecular weight is 172 g/mol. The minimum absolute atomic E-state index is 0.132. The van der Waals surface area contributed by atoms with Gasteiger partial charge in [0.25, 0.3) is 0 Å². The van der Waals surface area contributed by atoms with Crippen molar-refractivity contribution in [3.8, 4) is 0 Å². The maximum Gasteiger partial charge on any atom is 0.230 e. The van der Waals surface area contributed by atoms with Gasteiger partial charge in [0.15, 0.2) is 0 Å². The van der Waals surface area contributed by atoms with Gasteiger partial charge in [-0.3, -0.25) is 10.0 Å². The molecule has 2 atom stereocenters. The van der Waals surface area contributed by atoms with Crippen molar-refractivity contribution in [2.24, 2.45) is 4.53 Å². The highest BCUT2D eigenvalue weighted by Gasteiger charge is 2.39. The Balaban J connectivity index is 2.24. The zero-order valence-electron chi connectivity index (χ0n) is 5.80. The van der Waals surface area contributed by atoms with Crippen LogP contribution in [0.2, 0.25) is 0 Å². The number of carbonyl (C=O) groups is 1. The fraction of sp³-hybridized carbons (Fsp3) is 0.500. The van der Waals surface area contributed by atoms with E-state index in [0.717, 1.165) is 5.75 Å². The van der Waals surface area contributed by atoms with Crippen LogP contribution in [0.15, 0.2) is 16.8 Å². The summed E-state index contributed by atoms with van der Waals surface area (Å²) < 4.78 is 3.25. The Bertz CT molecular complexity index is 261. The molecule has 1 fully saturated rings. The highest BCUT2D eigenvalue weighted by molar-refractivity contribution is 7.88. The second-order valence-electron chi connectivity index (χ2n) is 2.49. The van der Waals surface area contributed by atoms with Crippen LogP contribution in [-0.2, 0) is 15.5 Å². The van der Waals surface area contributed by atoms with Crippen LogP contribution in [0.25, 0.3) is 0 Å². The lowest BCUT2D eigenvalue weighted by molar-refractivity contribution is -0.137. The third kappa shape index (κ3) is 0.918. The summed E-state index contributed by atoms with van der Waals surface area (Å²) in [4.78, 5) is 12.5. The largest absolute Gasteiger partial charge is 0.305 e. The smallest absolute Gasteiger partial charge is 0.230 e. The maximum absolute atomic E-state index is 10.9. The summed E-state index contributed by atoms with van der Waals surface area (Å²) in [5, 5.41) is 8.72. The molecule has 0 bridgehead atoms. The Labute approximate surface area is 66.6 Å². The summed E-state index contributed by atoms with van der Waals surface area (Å²) >= 11 is 0. The van der Waals surface area contributed by atoms with Gasteiger partial charge in [0.1, 0.15) is 5.37 Å². The Kier molecular flexibility index (Phi) is 1.54. The first-order chi connectivity index (χ1) is 5.33. The Morgan fingerprint density at radius 2 is 2.64 bits per heavy atom. The van der Waals surface area contributed by atoms with Crippen molar-refractivity contribution in [3.05, 3.63) is 12.3 Å². The van der Waals surface area contributed by atoms with Crippen molar-refractivity contribution < 1.29 is 10.0 Å². The van der Waals surface area contributed by atoms with Gasteiger partial charge in [0.05, 0.1) is 6.42 Å². The highest BCUT2D eigenvalue weighted by Crippen LogP contribution is 2.26. The lowest BCUT2D eigenvalue weighted by Crippen LogP contribution is -2.53. The van der Waals surface area contributed by atoms with E-state index in [4.69, 9.17) is 5.21 Å². The predicted molar refractivity (Wildman–Crippen MR) is 40.8 cm³/mol. The quantitative estimate of drug-likeness (QED) is 0.421. The molecule has 60 valence electrons. The molecule has 2 unspecified atom stereocenters. The Hall–Kier alpha value is -0.680. The molecule has 2 aliphatic heterocycles. The highest BCUT2D eigenvalue weighted by atomic mass is 32.2. The van der Waals surface area contributed by atoms with E-state index in [2.05, 4.69) is 4.53 Å². The van der Waals surface area contributed by atoms with Crippen LogP contribution in [0.5, 0.6) is 0 Å². The van der Waals surface area contributed by atoms with Crippen LogP contribution in [0, 0.1) is 0 Å². The normalized spacial score (nSPS) is 35.4. The number of fused-ring (bicyclic) bond motifs is 1. The zero-order valence-corrected chi connectivity index (χ0v) is 6.62. The standard InChI is InChI=1S/C6H8N2O2S/c9-5-4-6-8(5)2-1-3-11(6)7-10/h1-2,6,10H,3-4H2. The molecule has 2 rings (SSSR count). The van der Waals surface area contributed by atoms with Gasteiger partial charge in [-0.15, -0.1) is 4.53 Å². The van der Waals surface area contributed by atoms with E-state index in [-0.39, 0.29) is 22.0 Å². The molecule has 11 heavy (non-hydrogen) atoms. The van der Waals surface area contributed by atoms with E-state index in [1.165, 1.54) is 0 Å². The minimum Gasteiger partial charge on any atom is -0.305 e. The molecule has 2 aliphatic rings. The van der Waals surface area contributed by atoms with Crippen molar-refractivity contribution in [1.29, 1.82) is 0 Å². The lowest BCUT2D eigenvalue weighted by Gasteiger charge is -2.40. The van der Waals surface area contributed by atoms with Crippen LogP contribution in [0.3, 0.4) is 0 Å². The summed E-state index contributed by atoms with van der Waals surface area (Å²) in [6, 6.07) is 0. The number of hydrogen-bond acceptors (Lipinski definition) is 2. The van der Waals surface area contributed by atoms with Gasteiger partial charge < -0.3 is 4.90 Å². The summed E-state index contributed by atoms with van der Waals surface area (Å²) in [6.07, 6.45) is 4.19. The molecule has 0 saturated carbocycles. The summed E-state index contributed by atoms with van der Waals surface area (Å²) in [5.74, 6) is 0.900. The Morgan fingerprint density at radius 1 is 1.82 bits per heavy atom. The second-order valence-corrected chi connectivity index (χ2v) is 4.34. The molecular weight excluding hydrogens is 164 g/mol. The molecule has 4 nitrogen and oxygen atoms in total. The summed E-state index contributed by atoms with van der Waals surface area (Å²) in [6.45, 7) is 0. The molecule has 1 N–H and O–H groups in total. The third-order valence-electron chi connectivity index (χ3n) is 1.90. The molecule has 0 aromatic rings. The first kappa shape index (κ1) is 7.00. The monoisotopic (exact) mass is 172 g/mol. The van der Waals surface area contributed by atoms with E-state index in [1.807, 2.05) is 6.08 Å². The number of rotatable bonds is 0. The fourth-order valence-corrected chi connectivity index (χ4v) is 2.73. The van der Waals surface area contributed by atoms with Gasteiger partial charge in [0.2, 0.25) is 5.91 Å². The molecule has 2 heterocycles. The summed E-state index contributed by atoms with van der Waals surface area (Å²) in [7, 11) is -0.362. The van der Waals surface area contributed by atoms with Crippen molar-refractivity contribution in [3.63, 3.8) is 0 Å². The number of nitrogens with zero attached hydrogens (tertiary/aromatic N) is 2. The number of β-lactam (4-membered cyclic amide) rings is 1. The SMILES string of the molecule is O=C1CC2N1C=CC/S2=N\O. The predicted octanol–water partition coefficient (Wildman–Crippen LogP) is 0.263. The van der Waals surface area contributed by atoms with E-state index in [1.54, 1.807) is 11.1 Å². The summed E-state index contributed by atoms with van der Waals surface area (Å²) in [5.41, 5.74) is 0. The first-order valence-corrected chi connectivity index (χ1v) is 4.77. The van der Waals surface area contributed by atoms with Crippen molar-refractivity contribution >= 4 is 16.6 Å². The molecule has 1 saturated heterocycles. The fourth-order valence-electron chi connectivity index (χ4n) is 1.26. The second kappa shape index (κ2) is 2.42. The van der Waals surface area contributed by atoms with Gasteiger partial charge in [-0.05, 0) is 10.7 Å². The minimum atomic E-state index is -0.362. The van der Waals surface area contributed by atoms with Gasteiger partial charge >= 0.3 is 0 Å². The molecule has 0 aromatic heterocycles. The van der Waals surface area contributed by atoms with E-state index < -0.39 is 0 Å². The zero-order chi connectivity index (χ0) is 7.84. The van der Waals surface area contributed by atoms with E-state index >= 15 is 0 Å². The molecule has 1 amide bonds. The third-order valence-corrected chi connectivity index (χ3v) is 3.67. The van der Waals surface area contributed by atoms with E-state index in [0.29, 0.717) is 6.42 Å². The van der Waals surface area contributed by atoms with Gasteiger partial charge in [0, 0.05) is 12.0 Å². The van der Waals surface area contributed by atoms with Crippen LogP contribution in [-0.4, -0.2) is 27.1 Å². The van der Waals surface area contributed by atoms with E-state index in [9.17, 15) is 4.79 Å². The number of hydrogen-bond donors (Lipinski definition) is 1. The molecule has 0 aliphatic carbocycles. The number of carbonyl (C=O) groups excluding carboxylic acids is 1. The van der Waals surface area contributed by atoms with Gasteiger partial charge in [-0.25, -0.2) is 0 Å². The van der Waals surface area contributed by atoms with Gasteiger partial charge in [-0.2, -0.15) is 0 Å². The Morgan fingerprint density at radius 3 is 3.27 bits per heavy atom. The van der Waals surface area contributed by atoms with Crippen molar-refractivity contribution in [2.75, 3.05) is 5.75 Å². The maximum atomic E-state index is 10.9. The van der Waals surface area contributed by atoms with Crippen LogP contribution >= 0.6 is 0 Å².